The van der Waals surface area contributed by atoms with E-state index in [1.165, 1.54) is 6.08 Å². The van der Waals surface area contributed by atoms with Gasteiger partial charge in [0.25, 0.3) is 0 Å². The van der Waals surface area contributed by atoms with E-state index in [1.54, 1.807) is 6.08 Å². The predicted octanol–water partition coefficient (Wildman–Crippen LogP) is 0.425. The number of benzene rings is 1. The molecule has 6 heteroatoms. The van der Waals surface area contributed by atoms with Crippen molar-refractivity contribution in [1.82, 2.24) is 5.32 Å². The zero-order chi connectivity index (χ0) is 13.5. The van der Waals surface area contributed by atoms with Crippen LogP contribution in [0.25, 0.3) is 6.08 Å². The fourth-order valence-electron chi connectivity index (χ4n) is 1.10. The second kappa shape index (κ2) is 6.93. The van der Waals surface area contributed by atoms with Crippen LogP contribution in [0.15, 0.2) is 34.8 Å². The maximum absolute atomic E-state index is 11.3. The van der Waals surface area contributed by atoms with Crippen molar-refractivity contribution < 1.29 is 14.7 Å². The topological polar surface area (TPSA) is 92.4 Å². The molecule has 1 rings (SSSR count). The number of carbonyl (C=O) groups excluding carboxylic acids is 2. The van der Waals surface area contributed by atoms with Gasteiger partial charge in [-0.15, -0.1) is 0 Å². The van der Waals surface area contributed by atoms with Crippen LogP contribution in [-0.2, 0) is 9.59 Å². The monoisotopic (exact) mass is 312 g/mol. The number of rotatable bonds is 5. The lowest BCUT2D eigenvalue weighted by atomic mass is 10.2. The lowest BCUT2D eigenvalue weighted by molar-refractivity contribution is -0.126. The highest BCUT2D eigenvalue weighted by Crippen LogP contribution is 2.11. The highest BCUT2D eigenvalue weighted by Gasteiger charge is 2.10. The summed E-state index contributed by atoms with van der Waals surface area (Å²) in [6.07, 6.45) is 1.57. The number of amides is 2. The molecule has 0 bridgehead atoms. The molecule has 0 spiro atoms. The van der Waals surface area contributed by atoms with Gasteiger partial charge in [0, 0.05) is 10.5 Å². The fourth-order valence-corrected chi connectivity index (χ4v) is 1.37. The minimum absolute atomic E-state index is 0.196. The van der Waals surface area contributed by atoms with E-state index >= 15 is 0 Å². The first-order valence-corrected chi connectivity index (χ1v) is 5.97. The molecule has 0 aromatic heterocycles. The minimum Gasteiger partial charge on any atom is -0.381 e. The molecule has 0 saturated carbocycles. The molecule has 0 aliphatic rings. The van der Waals surface area contributed by atoms with Crippen LogP contribution in [-0.4, -0.2) is 29.6 Å². The average molecular weight is 313 g/mol. The Hall–Kier alpha value is -1.66. The van der Waals surface area contributed by atoms with E-state index in [1.807, 2.05) is 24.3 Å². The lowest BCUT2D eigenvalue weighted by Crippen LogP contribution is -2.39. The largest absolute Gasteiger partial charge is 0.381 e. The second-order valence-electron chi connectivity index (χ2n) is 3.55. The third-order valence-corrected chi connectivity index (χ3v) is 2.62. The normalized spacial score (nSPS) is 12.3. The van der Waals surface area contributed by atoms with Crippen molar-refractivity contribution in [2.45, 2.75) is 6.10 Å². The Morgan fingerprint density at radius 3 is 2.56 bits per heavy atom. The molecule has 0 heterocycles. The van der Waals surface area contributed by atoms with Crippen LogP contribution >= 0.6 is 15.9 Å². The van der Waals surface area contributed by atoms with E-state index in [0.29, 0.717) is 0 Å². The number of aliphatic hydroxyl groups is 1. The molecule has 4 N–H and O–H groups in total. The zero-order valence-corrected chi connectivity index (χ0v) is 11.1. The van der Waals surface area contributed by atoms with E-state index in [-0.39, 0.29) is 6.54 Å². The van der Waals surface area contributed by atoms with Crippen LogP contribution in [0.3, 0.4) is 0 Å². The minimum atomic E-state index is -1.37. The molecule has 0 aliphatic carbocycles. The van der Waals surface area contributed by atoms with Gasteiger partial charge in [-0.3, -0.25) is 9.59 Å². The van der Waals surface area contributed by atoms with Crippen LogP contribution < -0.4 is 11.1 Å². The molecular formula is C12H13BrN2O3. The summed E-state index contributed by atoms with van der Waals surface area (Å²) in [6.45, 7) is -0.196. The maximum atomic E-state index is 11.3. The summed E-state index contributed by atoms with van der Waals surface area (Å²) in [5.74, 6) is -1.27. The number of halogens is 1. The molecule has 2 amide bonds. The number of aliphatic hydroxyl groups excluding tert-OH is 1. The Balaban J connectivity index is 2.45. The van der Waals surface area contributed by atoms with Crippen LogP contribution in [0, 0.1) is 0 Å². The summed E-state index contributed by atoms with van der Waals surface area (Å²) < 4.78 is 0.952. The molecule has 0 aliphatic heterocycles. The lowest BCUT2D eigenvalue weighted by Gasteiger charge is -2.06. The first kappa shape index (κ1) is 14.4. The van der Waals surface area contributed by atoms with E-state index in [9.17, 15) is 9.59 Å². The van der Waals surface area contributed by atoms with Gasteiger partial charge in [0.2, 0.25) is 11.8 Å². The fraction of sp³-hybridized carbons (Fsp3) is 0.167. The summed E-state index contributed by atoms with van der Waals surface area (Å²) in [7, 11) is 0. The van der Waals surface area contributed by atoms with Crippen molar-refractivity contribution in [1.29, 1.82) is 0 Å². The molecule has 1 aromatic rings. The number of carbonyl (C=O) groups is 2. The molecule has 0 radical (unpaired) electrons. The van der Waals surface area contributed by atoms with Crippen molar-refractivity contribution in [2.24, 2.45) is 5.73 Å². The highest BCUT2D eigenvalue weighted by atomic mass is 79.9. The van der Waals surface area contributed by atoms with Crippen molar-refractivity contribution in [2.75, 3.05) is 6.54 Å². The molecule has 5 nitrogen and oxygen atoms in total. The van der Waals surface area contributed by atoms with E-state index < -0.39 is 17.9 Å². The maximum Gasteiger partial charge on any atom is 0.248 e. The standard InChI is InChI=1S/C12H13BrN2O3/c13-9-4-1-8(2-5-9)3-6-11(17)15-7-10(16)12(14)18/h1-6,10,16H,7H2,(H2,14,18)(H,15,17)/b6-3+. The number of primary amides is 1. The molecule has 1 atom stereocenters. The van der Waals surface area contributed by atoms with Crippen LogP contribution in [0.4, 0.5) is 0 Å². The van der Waals surface area contributed by atoms with Crippen molar-refractivity contribution in [3.63, 3.8) is 0 Å². The summed E-state index contributed by atoms with van der Waals surface area (Å²) in [5.41, 5.74) is 5.70. The predicted molar refractivity (Wildman–Crippen MR) is 71.4 cm³/mol. The molecule has 1 aromatic carbocycles. The van der Waals surface area contributed by atoms with Gasteiger partial charge in [-0.25, -0.2) is 0 Å². The third kappa shape index (κ3) is 5.11. The van der Waals surface area contributed by atoms with Gasteiger partial charge in [-0.05, 0) is 23.8 Å². The zero-order valence-electron chi connectivity index (χ0n) is 9.47. The Kier molecular flexibility index (Phi) is 5.54. The molecule has 0 fully saturated rings. The average Bonchev–Trinajstić information content (AvgIpc) is 2.35. The van der Waals surface area contributed by atoms with Gasteiger partial charge >= 0.3 is 0 Å². The Bertz CT molecular complexity index is 457. The highest BCUT2D eigenvalue weighted by molar-refractivity contribution is 9.10. The summed E-state index contributed by atoms with van der Waals surface area (Å²) in [6, 6.07) is 7.39. The van der Waals surface area contributed by atoms with Crippen molar-refractivity contribution in [3.8, 4) is 0 Å². The van der Waals surface area contributed by atoms with Gasteiger partial charge in [0.05, 0.1) is 6.54 Å². The van der Waals surface area contributed by atoms with Crippen LogP contribution in [0.5, 0.6) is 0 Å². The van der Waals surface area contributed by atoms with Gasteiger partial charge in [-0.2, -0.15) is 0 Å². The summed E-state index contributed by atoms with van der Waals surface area (Å²) >= 11 is 3.30. The first-order chi connectivity index (χ1) is 8.49. The van der Waals surface area contributed by atoms with E-state index in [0.717, 1.165) is 10.0 Å². The molecule has 1 unspecified atom stereocenters. The first-order valence-electron chi connectivity index (χ1n) is 5.18. The second-order valence-corrected chi connectivity index (χ2v) is 4.46. The van der Waals surface area contributed by atoms with E-state index in [2.05, 4.69) is 21.2 Å². The van der Waals surface area contributed by atoms with Crippen LogP contribution in [0.2, 0.25) is 0 Å². The summed E-state index contributed by atoms with van der Waals surface area (Å²) in [5, 5.41) is 11.4. The third-order valence-electron chi connectivity index (χ3n) is 2.10. The van der Waals surface area contributed by atoms with Gasteiger partial charge in [0.1, 0.15) is 6.10 Å². The number of nitrogens with one attached hydrogen (secondary N) is 1. The van der Waals surface area contributed by atoms with Gasteiger partial charge < -0.3 is 16.2 Å². The number of hydrogen-bond donors (Lipinski definition) is 3. The molecule has 0 saturated heterocycles. The molecular weight excluding hydrogens is 300 g/mol. The van der Waals surface area contributed by atoms with Gasteiger partial charge in [0.15, 0.2) is 0 Å². The Morgan fingerprint density at radius 2 is 2.00 bits per heavy atom. The Morgan fingerprint density at radius 1 is 1.39 bits per heavy atom. The van der Waals surface area contributed by atoms with Crippen LogP contribution in [0.1, 0.15) is 5.56 Å². The SMILES string of the molecule is NC(=O)C(O)CNC(=O)/C=C/c1ccc(Br)cc1. The van der Waals surface area contributed by atoms with Crippen molar-refractivity contribution >= 4 is 33.8 Å². The Labute approximate surface area is 113 Å². The number of hydrogen-bond acceptors (Lipinski definition) is 3. The van der Waals surface area contributed by atoms with Crippen molar-refractivity contribution in [3.05, 3.63) is 40.4 Å². The molecule has 96 valence electrons. The number of nitrogens with two attached hydrogens (primary N) is 1. The smallest absolute Gasteiger partial charge is 0.248 e. The van der Waals surface area contributed by atoms with Gasteiger partial charge in [-0.1, -0.05) is 28.1 Å². The molecule has 18 heavy (non-hydrogen) atoms. The van der Waals surface area contributed by atoms with E-state index in [4.69, 9.17) is 10.8 Å². The summed E-state index contributed by atoms with van der Waals surface area (Å²) in [4.78, 5) is 21.9. The quantitative estimate of drug-likeness (QED) is 0.688.